The van der Waals surface area contributed by atoms with Crippen molar-refractivity contribution in [3.8, 4) is 0 Å². The normalized spacial score (nSPS) is 11.3. The molecule has 0 atom stereocenters. The first kappa shape index (κ1) is 17.6. The predicted octanol–water partition coefficient (Wildman–Crippen LogP) is -0.204. The van der Waals surface area contributed by atoms with Gasteiger partial charge in [0.15, 0.2) is 0 Å². The molecule has 0 fully saturated rings. The highest BCUT2D eigenvalue weighted by Gasteiger charge is 2.22. The number of hydrogen-bond donors (Lipinski definition) is 3. The van der Waals surface area contributed by atoms with Crippen molar-refractivity contribution in [2.24, 2.45) is 0 Å². The van der Waals surface area contributed by atoms with Crippen molar-refractivity contribution in [1.82, 2.24) is 10.0 Å². The molecule has 10 heteroatoms. The lowest BCUT2D eigenvalue weighted by Gasteiger charge is -2.06. The fourth-order valence-electron chi connectivity index (χ4n) is 1.38. The van der Waals surface area contributed by atoms with E-state index in [0.29, 0.717) is 23.5 Å². The number of hydrogen-bond acceptors (Lipinski definition) is 6. The zero-order valence-corrected chi connectivity index (χ0v) is 13.1. The minimum atomic E-state index is -3.91. The summed E-state index contributed by atoms with van der Waals surface area (Å²) in [6, 6.07) is 1.26. The standard InChI is InChI=1S/C11H16N2O6S2/c1-7-5-9(20-10(7)11(15)16)21(17,18)13-6-8(14)12-3-4-19-2/h5,13H,3-4,6H2,1-2H3,(H,12,14)(H,15,16). The number of carboxylic acid groups (broad SMARTS) is 1. The monoisotopic (exact) mass is 336 g/mol. The molecule has 1 heterocycles. The second-order valence-corrected chi connectivity index (χ2v) is 7.10. The van der Waals surface area contributed by atoms with E-state index in [1.54, 1.807) is 0 Å². The summed E-state index contributed by atoms with van der Waals surface area (Å²) in [5.74, 6) is -1.68. The molecule has 1 rings (SSSR count). The number of thiophene rings is 1. The third-order valence-corrected chi connectivity index (χ3v) is 5.51. The highest BCUT2D eigenvalue weighted by molar-refractivity contribution is 7.91. The fraction of sp³-hybridized carbons (Fsp3) is 0.455. The molecular weight excluding hydrogens is 320 g/mol. The van der Waals surface area contributed by atoms with Gasteiger partial charge < -0.3 is 15.2 Å². The summed E-state index contributed by atoms with van der Waals surface area (Å²) < 4.78 is 30.6. The maximum Gasteiger partial charge on any atom is 0.346 e. The Morgan fingerprint density at radius 3 is 2.62 bits per heavy atom. The van der Waals surface area contributed by atoms with Gasteiger partial charge in [-0.15, -0.1) is 11.3 Å². The number of nitrogens with one attached hydrogen (secondary N) is 2. The van der Waals surface area contributed by atoms with E-state index in [9.17, 15) is 18.0 Å². The SMILES string of the molecule is COCCNC(=O)CNS(=O)(=O)c1cc(C)c(C(=O)O)s1. The second kappa shape index (κ2) is 7.50. The number of sulfonamides is 1. The van der Waals surface area contributed by atoms with E-state index in [2.05, 4.69) is 10.0 Å². The van der Waals surface area contributed by atoms with Crippen molar-refractivity contribution in [2.45, 2.75) is 11.1 Å². The topological polar surface area (TPSA) is 122 Å². The van der Waals surface area contributed by atoms with Gasteiger partial charge in [-0.05, 0) is 18.6 Å². The number of methoxy groups -OCH3 is 1. The molecule has 0 aromatic carbocycles. The van der Waals surface area contributed by atoms with Crippen LogP contribution in [0.2, 0.25) is 0 Å². The largest absolute Gasteiger partial charge is 0.477 e. The average Bonchev–Trinajstić information content (AvgIpc) is 2.80. The zero-order chi connectivity index (χ0) is 16.0. The van der Waals surface area contributed by atoms with Gasteiger partial charge in [0, 0.05) is 13.7 Å². The van der Waals surface area contributed by atoms with E-state index in [0.717, 1.165) is 0 Å². The number of carboxylic acids is 1. The molecule has 0 saturated heterocycles. The van der Waals surface area contributed by atoms with Crippen molar-refractivity contribution in [1.29, 1.82) is 0 Å². The van der Waals surface area contributed by atoms with Crippen LogP contribution in [0.1, 0.15) is 15.2 Å². The van der Waals surface area contributed by atoms with E-state index in [1.165, 1.54) is 20.1 Å². The predicted molar refractivity (Wildman–Crippen MR) is 76.1 cm³/mol. The van der Waals surface area contributed by atoms with Crippen molar-refractivity contribution in [3.63, 3.8) is 0 Å². The van der Waals surface area contributed by atoms with Crippen molar-refractivity contribution in [2.75, 3.05) is 26.8 Å². The minimum Gasteiger partial charge on any atom is -0.477 e. The van der Waals surface area contributed by atoms with Crippen LogP contribution in [0.5, 0.6) is 0 Å². The third kappa shape index (κ3) is 5.08. The summed E-state index contributed by atoms with van der Waals surface area (Å²) >= 11 is 0.646. The molecule has 3 N–H and O–H groups in total. The first-order valence-electron chi connectivity index (χ1n) is 5.87. The number of amides is 1. The van der Waals surface area contributed by atoms with Gasteiger partial charge in [0.2, 0.25) is 5.91 Å². The maximum absolute atomic E-state index is 12.0. The molecule has 0 unspecified atom stereocenters. The van der Waals surface area contributed by atoms with E-state index in [4.69, 9.17) is 9.84 Å². The van der Waals surface area contributed by atoms with Gasteiger partial charge >= 0.3 is 5.97 Å². The zero-order valence-electron chi connectivity index (χ0n) is 11.5. The first-order chi connectivity index (χ1) is 9.77. The summed E-state index contributed by atoms with van der Waals surface area (Å²) in [6.45, 7) is 1.69. The molecule has 8 nitrogen and oxygen atoms in total. The number of carbonyl (C=O) groups is 2. The Labute approximate surface area is 126 Å². The van der Waals surface area contributed by atoms with Crippen molar-refractivity contribution >= 4 is 33.2 Å². The molecule has 0 saturated carbocycles. The number of aromatic carboxylic acids is 1. The van der Waals surface area contributed by atoms with Crippen molar-refractivity contribution in [3.05, 3.63) is 16.5 Å². The Morgan fingerprint density at radius 1 is 1.43 bits per heavy atom. The Kier molecular flexibility index (Phi) is 6.27. The van der Waals surface area contributed by atoms with E-state index < -0.39 is 28.4 Å². The number of carbonyl (C=O) groups excluding carboxylic acids is 1. The molecule has 1 aromatic rings. The lowest BCUT2D eigenvalue weighted by atomic mass is 10.3. The molecule has 1 amide bonds. The van der Waals surface area contributed by atoms with Crippen LogP contribution < -0.4 is 10.0 Å². The molecule has 0 aliphatic rings. The number of rotatable bonds is 8. The van der Waals surface area contributed by atoms with E-state index in [1.807, 2.05) is 0 Å². The molecule has 0 radical (unpaired) electrons. The van der Waals surface area contributed by atoms with E-state index in [-0.39, 0.29) is 15.6 Å². The molecule has 1 aromatic heterocycles. The number of ether oxygens (including phenoxy) is 1. The van der Waals surface area contributed by atoms with Crippen LogP contribution in [-0.2, 0) is 19.6 Å². The van der Waals surface area contributed by atoms with Crippen LogP contribution in [0.3, 0.4) is 0 Å². The fourth-order valence-corrected chi connectivity index (χ4v) is 3.79. The van der Waals surface area contributed by atoms with Crippen LogP contribution in [0, 0.1) is 6.92 Å². The van der Waals surface area contributed by atoms with Gasteiger partial charge in [-0.2, -0.15) is 0 Å². The van der Waals surface area contributed by atoms with Crippen molar-refractivity contribution < 1.29 is 27.9 Å². The van der Waals surface area contributed by atoms with Gasteiger partial charge in [0.25, 0.3) is 10.0 Å². The Bertz CT molecular complexity index is 623. The summed E-state index contributed by atoms with van der Waals surface area (Å²) in [4.78, 5) is 22.2. The Morgan fingerprint density at radius 2 is 2.10 bits per heavy atom. The Hall–Kier alpha value is -1.49. The summed E-state index contributed by atoms with van der Waals surface area (Å²) in [5.41, 5.74) is 0.359. The van der Waals surface area contributed by atoms with Gasteiger partial charge in [-0.3, -0.25) is 4.79 Å². The van der Waals surface area contributed by atoms with Gasteiger partial charge in [-0.25, -0.2) is 17.9 Å². The molecular formula is C11H16N2O6S2. The molecule has 0 aliphatic heterocycles. The lowest BCUT2D eigenvalue weighted by Crippen LogP contribution is -2.37. The van der Waals surface area contributed by atoms with Gasteiger partial charge in [-0.1, -0.05) is 0 Å². The van der Waals surface area contributed by atoms with Crippen LogP contribution in [0.25, 0.3) is 0 Å². The third-order valence-electron chi connectivity index (χ3n) is 2.41. The number of aryl methyl sites for hydroxylation is 1. The maximum atomic E-state index is 12.0. The molecule has 0 spiro atoms. The molecule has 21 heavy (non-hydrogen) atoms. The highest BCUT2D eigenvalue weighted by Crippen LogP contribution is 2.25. The van der Waals surface area contributed by atoms with Gasteiger partial charge in [0.05, 0.1) is 13.2 Å². The Balaban J connectivity index is 2.67. The summed E-state index contributed by atoms with van der Waals surface area (Å²) in [6.07, 6.45) is 0. The second-order valence-electron chi connectivity index (χ2n) is 4.05. The molecule has 0 aliphatic carbocycles. The highest BCUT2D eigenvalue weighted by atomic mass is 32.2. The molecule has 118 valence electrons. The summed E-state index contributed by atoms with van der Waals surface area (Å²) in [7, 11) is -2.43. The van der Waals surface area contributed by atoms with Crippen LogP contribution in [0.4, 0.5) is 0 Å². The van der Waals surface area contributed by atoms with Crippen LogP contribution in [0.15, 0.2) is 10.3 Å². The van der Waals surface area contributed by atoms with Crippen LogP contribution >= 0.6 is 11.3 Å². The van der Waals surface area contributed by atoms with Gasteiger partial charge in [0.1, 0.15) is 9.09 Å². The molecule has 0 bridgehead atoms. The van der Waals surface area contributed by atoms with Crippen LogP contribution in [-0.4, -0.2) is 52.2 Å². The lowest BCUT2D eigenvalue weighted by molar-refractivity contribution is -0.120. The minimum absolute atomic E-state index is 0.0417. The summed E-state index contributed by atoms with van der Waals surface area (Å²) in [5, 5.41) is 11.4. The van der Waals surface area contributed by atoms with E-state index >= 15 is 0 Å². The average molecular weight is 336 g/mol. The smallest absolute Gasteiger partial charge is 0.346 e. The quantitative estimate of drug-likeness (QED) is 0.565. The first-order valence-corrected chi connectivity index (χ1v) is 8.17.